The molecule has 0 aliphatic carbocycles. The molecular weight excluding hydrogens is 378 g/mol. The van der Waals surface area contributed by atoms with E-state index in [1.807, 2.05) is 24.3 Å². The largest absolute Gasteiger partial charge is 0.352 e. The van der Waals surface area contributed by atoms with E-state index in [2.05, 4.69) is 31.1 Å². The lowest BCUT2D eigenvalue weighted by Crippen LogP contribution is -2.40. The number of rotatable bonds is 4. The molecule has 120 valence electrons. The lowest BCUT2D eigenvalue weighted by molar-refractivity contribution is 0.0951. The summed E-state index contributed by atoms with van der Waals surface area (Å²) in [7, 11) is 0. The van der Waals surface area contributed by atoms with Gasteiger partial charge in [0.2, 0.25) is 0 Å². The van der Waals surface area contributed by atoms with Crippen LogP contribution >= 0.6 is 27.5 Å². The van der Waals surface area contributed by atoms with Gasteiger partial charge in [-0.15, -0.1) is 0 Å². The highest BCUT2D eigenvalue weighted by Crippen LogP contribution is 2.24. The number of hydrogen-bond donors (Lipinski definition) is 1. The number of amides is 1. The smallest absolute Gasteiger partial charge is 0.252 e. The fourth-order valence-corrected chi connectivity index (χ4v) is 3.41. The normalized spacial score (nSPS) is 17.3. The third kappa shape index (κ3) is 3.85. The highest BCUT2D eigenvalue weighted by molar-refractivity contribution is 9.10. The molecule has 1 atom stereocenters. The molecule has 2 heterocycles. The molecule has 1 aliphatic heterocycles. The van der Waals surface area contributed by atoms with Crippen molar-refractivity contribution in [3.05, 3.63) is 57.7 Å². The quantitative estimate of drug-likeness (QED) is 0.855. The van der Waals surface area contributed by atoms with E-state index in [0.29, 0.717) is 17.1 Å². The fourth-order valence-electron chi connectivity index (χ4n) is 2.85. The van der Waals surface area contributed by atoms with Crippen LogP contribution in [0, 0.1) is 0 Å². The predicted molar refractivity (Wildman–Crippen MR) is 96.1 cm³/mol. The number of nitrogens with one attached hydrogen (secondary N) is 1. The molecule has 0 spiro atoms. The van der Waals surface area contributed by atoms with Gasteiger partial charge in [-0.1, -0.05) is 33.6 Å². The number of hydrogen-bond acceptors (Lipinski definition) is 3. The van der Waals surface area contributed by atoms with Crippen LogP contribution in [-0.2, 0) is 0 Å². The second kappa shape index (κ2) is 7.32. The molecule has 0 bridgehead atoms. The van der Waals surface area contributed by atoms with Crippen molar-refractivity contribution >= 4 is 39.3 Å². The van der Waals surface area contributed by atoms with Crippen LogP contribution in [0.3, 0.4) is 0 Å². The molecule has 2 aromatic rings. The zero-order valence-corrected chi connectivity index (χ0v) is 14.8. The SMILES string of the molecule is O=C(NCC1CCCN1c1ccccn1)c1cc(Br)ccc1Cl. The van der Waals surface area contributed by atoms with Crippen molar-refractivity contribution in [3.8, 4) is 0 Å². The predicted octanol–water partition coefficient (Wildman–Crippen LogP) is 3.90. The van der Waals surface area contributed by atoms with Crippen LogP contribution < -0.4 is 10.2 Å². The van der Waals surface area contributed by atoms with Gasteiger partial charge in [-0.2, -0.15) is 0 Å². The number of benzene rings is 1. The first kappa shape index (κ1) is 16.3. The van der Waals surface area contributed by atoms with Gasteiger partial charge in [-0.25, -0.2) is 4.98 Å². The van der Waals surface area contributed by atoms with Crippen LogP contribution in [0.15, 0.2) is 47.1 Å². The van der Waals surface area contributed by atoms with Crippen LogP contribution in [0.5, 0.6) is 0 Å². The van der Waals surface area contributed by atoms with Crippen LogP contribution in [0.4, 0.5) is 5.82 Å². The molecule has 23 heavy (non-hydrogen) atoms. The standard InChI is InChI=1S/C17H17BrClN3O/c18-12-6-7-15(19)14(10-12)17(23)21-11-13-4-3-9-22(13)16-5-1-2-8-20-16/h1-2,5-8,10,13H,3-4,9,11H2,(H,21,23). The van der Waals surface area contributed by atoms with Crippen molar-refractivity contribution in [2.24, 2.45) is 0 Å². The molecule has 6 heteroatoms. The maximum Gasteiger partial charge on any atom is 0.252 e. The van der Waals surface area contributed by atoms with Crippen molar-refractivity contribution in [1.82, 2.24) is 10.3 Å². The van der Waals surface area contributed by atoms with Crippen molar-refractivity contribution in [2.45, 2.75) is 18.9 Å². The lowest BCUT2D eigenvalue weighted by Gasteiger charge is -2.26. The molecule has 0 saturated carbocycles. The maximum absolute atomic E-state index is 12.4. The minimum absolute atomic E-state index is 0.149. The van der Waals surface area contributed by atoms with Crippen molar-refractivity contribution in [2.75, 3.05) is 18.0 Å². The Morgan fingerprint density at radius 2 is 2.26 bits per heavy atom. The molecule has 1 N–H and O–H groups in total. The molecule has 1 saturated heterocycles. The molecular formula is C17H17BrClN3O. The van der Waals surface area contributed by atoms with Crippen LogP contribution in [0.1, 0.15) is 23.2 Å². The van der Waals surface area contributed by atoms with E-state index in [1.165, 1.54) is 0 Å². The highest BCUT2D eigenvalue weighted by Gasteiger charge is 2.26. The van der Waals surface area contributed by atoms with Gasteiger partial charge in [-0.3, -0.25) is 4.79 Å². The van der Waals surface area contributed by atoms with E-state index in [-0.39, 0.29) is 11.9 Å². The van der Waals surface area contributed by atoms with Crippen LogP contribution in [0.2, 0.25) is 5.02 Å². The van der Waals surface area contributed by atoms with Crippen LogP contribution in [-0.4, -0.2) is 30.0 Å². The minimum atomic E-state index is -0.149. The first-order valence-electron chi connectivity index (χ1n) is 7.56. The van der Waals surface area contributed by atoms with Crippen molar-refractivity contribution < 1.29 is 4.79 Å². The Morgan fingerprint density at radius 3 is 3.04 bits per heavy atom. The summed E-state index contributed by atoms with van der Waals surface area (Å²) in [6.45, 7) is 1.55. The van der Waals surface area contributed by atoms with Gasteiger partial charge in [0.15, 0.2) is 0 Å². The maximum atomic E-state index is 12.4. The van der Waals surface area contributed by atoms with Crippen LogP contribution in [0.25, 0.3) is 0 Å². The second-order valence-corrected chi connectivity index (χ2v) is 6.83. The van der Waals surface area contributed by atoms with E-state index in [9.17, 15) is 4.79 Å². The summed E-state index contributed by atoms with van der Waals surface area (Å²) in [6.07, 6.45) is 3.95. The first-order chi connectivity index (χ1) is 11.1. The van der Waals surface area contributed by atoms with Gasteiger partial charge in [0, 0.05) is 29.8 Å². The number of halogens is 2. The topological polar surface area (TPSA) is 45.2 Å². The van der Waals surface area contributed by atoms with Gasteiger partial charge in [0.1, 0.15) is 5.82 Å². The summed E-state index contributed by atoms with van der Waals surface area (Å²) < 4.78 is 0.836. The van der Waals surface area contributed by atoms with E-state index in [1.54, 1.807) is 18.3 Å². The molecule has 1 amide bonds. The van der Waals surface area contributed by atoms with Gasteiger partial charge >= 0.3 is 0 Å². The van der Waals surface area contributed by atoms with E-state index in [0.717, 1.165) is 29.7 Å². The third-order valence-corrected chi connectivity index (χ3v) is 4.81. The minimum Gasteiger partial charge on any atom is -0.352 e. The molecule has 0 radical (unpaired) electrons. The summed E-state index contributed by atoms with van der Waals surface area (Å²) in [5.41, 5.74) is 0.489. The Bertz CT molecular complexity index is 695. The van der Waals surface area contributed by atoms with E-state index < -0.39 is 0 Å². The zero-order valence-electron chi connectivity index (χ0n) is 12.5. The molecule has 1 unspecified atom stereocenters. The zero-order chi connectivity index (χ0) is 16.2. The van der Waals surface area contributed by atoms with Gasteiger partial charge in [0.25, 0.3) is 5.91 Å². The Hall–Kier alpha value is -1.59. The molecule has 3 rings (SSSR count). The Balaban J connectivity index is 1.65. The van der Waals surface area contributed by atoms with Gasteiger partial charge in [0.05, 0.1) is 10.6 Å². The third-order valence-electron chi connectivity index (χ3n) is 3.99. The van der Waals surface area contributed by atoms with E-state index in [4.69, 9.17) is 11.6 Å². The molecule has 1 aromatic heterocycles. The summed E-state index contributed by atoms with van der Waals surface area (Å²) in [6, 6.07) is 11.4. The highest BCUT2D eigenvalue weighted by atomic mass is 79.9. The van der Waals surface area contributed by atoms with Crippen molar-refractivity contribution in [1.29, 1.82) is 0 Å². The van der Waals surface area contributed by atoms with Crippen molar-refractivity contribution in [3.63, 3.8) is 0 Å². The Kier molecular flexibility index (Phi) is 5.18. The monoisotopic (exact) mass is 393 g/mol. The summed E-state index contributed by atoms with van der Waals surface area (Å²) in [5.74, 6) is 0.814. The number of nitrogens with zero attached hydrogens (tertiary/aromatic N) is 2. The number of carbonyl (C=O) groups is 1. The fraction of sp³-hybridized carbons (Fsp3) is 0.294. The lowest BCUT2D eigenvalue weighted by atomic mass is 10.2. The average molecular weight is 395 g/mol. The number of aromatic nitrogens is 1. The molecule has 4 nitrogen and oxygen atoms in total. The van der Waals surface area contributed by atoms with Gasteiger partial charge in [-0.05, 0) is 43.2 Å². The molecule has 1 aliphatic rings. The number of pyridine rings is 1. The van der Waals surface area contributed by atoms with E-state index >= 15 is 0 Å². The number of anilines is 1. The summed E-state index contributed by atoms with van der Waals surface area (Å²) in [5, 5.41) is 3.45. The second-order valence-electron chi connectivity index (χ2n) is 5.51. The molecule has 1 fully saturated rings. The van der Waals surface area contributed by atoms with Gasteiger partial charge < -0.3 is 10.2 Å². The first-order valence-corrected chi connectivity index (χ1v) is 8.73. The Labute approximate surface area is 149 Å². The average Bonchev–Trinajstić information content (AvgIpc) is 3.04. The summed E-state index contributed by atoms with van der Waals surface area (Å²) >= 11 is 9.48. The number of carbonyl (C=O) groups excluding carboxylic acids is 1. The summed E-state index contributed by atoms with van der Waals surface area (Å²) in [4.78, 5) is 19.0. The Morgan fingerprint density at radius 1 is 1.39 bits per heavy atom. The molecule has 1 aromatic carbocycles.